The van der Waals surface area contributed by atoms with E-state index in [1.54, 1.807) is 9.80 Å². The second kappa shape index (κ2) is 16.3. The van der Waals surface area contributed by atoms with E-state index in [0.29, 0.717) is 25.8 Å². The van der Waals surface area contributed by atoms with Crippen LogP contribution in [0.25, 0.3) is 22.0 Å². The number of aromatic amines is 1. The van der Waals surface area contributed by atoms with E-state index in [1.165, 1.54) is 6.92 Å². The molecule has 11 heteroatoms. The zero-order valence-corrected chi connectivity index (χ0v) is 30.8. The first kappa shape index (κ1) is 36.9. The molecule has 5 amide bonds. The van der Waals surface area contributed by atoms with Gasteiger partial charge in [0, 0.05) is 49.5 Å². The highest BCUT2D eigenvalue weighted by atomic mass is 16.2. The van der Waals surface area contributed by atoms with Gasteiger partial charge in [-0.2, -0.15) is 0 Å². The minimum absolute atomic E-state index is 0.0318. The van der Waals surface area contributed by atoms with Gasteiger partial charge in [-0.25, -0.2) is 0 Å². The fraction of sp³-hybridized carbons (Fsp3) is 0.419. The number of likely N-dealkylation sites (tertiary alicyclic amines) is 2. The van der Waals surface area contributed by atoms with Gasteiger partial charge in [0.15, 0.2) is 0 Å². The van der Waals surface area contributed by atoms with Gasteiger partial charge >= 0.3 is 0 Å². The number of nitrogens with two attached hydrogens (primary N) is 1. The van der Waals surface area contributed by atoms with Crippen molar-refractivity contribution in [2.75, 3.05) is 6.54 Å². The fourth-order valence-electron chi connectivity index (χ4n) is 8.99. The second-order valence-corrected chi connectivity index (χ2v) is 15.2. The molecule has 3 heterocycles. The summed E-state index contributed by atoms with van der Waals surface area (Å²) >= 11 is 0. The minimum atomic E-state index is -0.988. The molecular formula is C43H50N6O5. The van der Waals surface area contributed by atoms with E-state index >= 15 is 0 Å². The van der Waals surface area contributed by atoms with Crippen LogP contribution in [0, 0.1) is 5.92 Å². The van der Waals surface area contributed by atoms with E-state index in [0.717, 1.165) is 65.3 Å². The van der Waals surface area contributed by atoms with Crippen LogP contribution in [0.15, 0.2) is 85.1 Å². The summed E-state index contributed by atoms with van der Waals surface area (Å²) in [6.45, 7) is 1.84. The van der Waals surface area contributed by atoms with Crippen molar-refractivity contribution in [2.24, 2.45) is 11.7 Å². The highest BCUT2D eigenvalue weighted by Gasteiger charge is 2.47. The Hall–Kier alpha value is -5.45. The molecular weight excluding hydrogens is 681 g/mol. The van der Waals surface area contributed by atoms with Gasteiger partial charge in [-0.05, 0) is 72.8 Å². The third kappa shape index (κ3) is 7.90. The van der Waals surface area contributed by atoms with Crippen LogP contribution in [0.4, 0.5) is 0 Å². The maximum atomic E-state index is 14.7. The van der Waals surface area contributed by atoms with Gasteiger partial charge in [0.05, 0.1) is 0 Å². The Bertz CT molecular complexity index is 1990. The molecule has 2 aliphatic heterocycles. The summed E-state index contributed by atoms with van der Waals surface area (Å²) in [6.07, 6.45) is 8.57. The van der Waals surface area contributed by atoms with Crippen LogP contribution in [-0.4, -0.2) is 81.1 Å². The predicted octanol–water partition coefficient (Wildman–Crippen LogP) is 4.64. The second-order valence-electron chi connectivity index (χ2n) is 15.2. The van der Waals surface area contributed by atoms with Gasteiger partial charge < -0.3 is 31.2 Å². The molecule has 0 bridgehead atoms. The quantitative estimate of drug-likeness (QED) is 0.177. The van der Waals surface area contributed by atoms with E-state index in [2.05, 4.69) is 15.6 Å². The first-order valence-electron chi connectivity index (χ1n) is 19.4. The summed E-state index contributed by atoms with van der Waals surface area (Å²) in [5, 5.41) is 6.88. The Balaban J connectivity index is 1.12. The van der Waals surface area contributed by atoms with E-state index < -0.39 is 36.0 Å². The van der Waals surface area contributed by atoms with Crippen molar-refractivity contribution in [1.29, 1.82) is 0 Å². The molecule has 1 aromatic heterocycles. The molecule has 54 heavy (non-hydrogen) atoms. The number of hydrogen-bond acceptors (Lipinski definition) is 5. The summed E-state index contributed by atoms with van der Waals surface area (Å²) in [7, 11) is 0. The lowest BCUT2D eigenvalue weighted by atomic mass is 9.84. The molecule has 1 aliphatic carbocycles. The molecule has 11 nitrogen and oxygen atoms in total. The van der Waals surface area contributed by atoms with Crippen LogP contribution in [0.1, 0.15) is 69.4 Å². The van der Waals surface area contributed by atoms with Crippen LogP contribution >= 0.6 is 0 Å². The number of benzene rings is 3. The first-order chi connectivity index (χ1) is 26.2. The number of rotatable bonds is 11. The standard InChI is InChI=1S/C43H50N6O5/c1-27(50)49-37-16-8-5-13-31(37)25-39(49)42(53)47-36(23-28-18-20-30(21-19-28)29-11-3-2-4-12-29)43(54)48-22-10-9-17-38(48)41(52)46-35(40(44)51)24-32-26-45-34-15-7-6-14-33(32)34/h2-4,6-7,11-12,14-15,18-21,26,31,35-39,45H,5,8-10,13,16-17,22-25H2,1H3,(H2,44,51)(H,46,52)(H,47,53)/t31?,35-,36+,37?,38-,39-/m0/s1. The van der Waals surface area contributed by atoms with Crippen LogP contribution in [-0.2, 0) is 36.8 Å². The summed E-state index contributed by atoms with van der Waals surface area (Å²) in [6, 6.07) is 22.2. The number of nitrogens with zero attached hydrogens (tertiary/aromatic N) is 2. The van der Waals surface area contributed by atoms with Crippen molar-refractivity contribution in [3.63, 3.8) is 0 Å². The van der Waals surface area contributed by atoms with Crippen LogP contribution in [0.5, 0.6) is 0 Å². The van der Waals surface area contributed by atoms with E-state index in [1.807, 2.05) is 85.1 Å². The fourth-order valence-corrected chi connectivity index (χ4v) is 8.99. The smallest absolute Gasteiger partial charge is 0.246 e. The molecule has 0 spiro atoms. The largest absolute Gasteiger partial charge is 0.368 e. The number of amides is 5. The van der Waals surface area contributed by atoms with Crippen LogP contribution in [0.2, 0.25) is 0 Å². The lowest BCUT2D eigenvalue weighted by molar-refractivity contribution is -0.146. The molecule has 3 aliphatic rings. The molecule has 3 aromatic carbocycles. The highest BCUT2D eigenvalue weighted by molar-refractivity contribution is 5.96. The Labute approximate surface area is 316 Å². The molecule has 282 valence electrons. The number of carbonyl (C=O) groups excluding carboxylic acids is 5. The SMILES string of the molecule is CC(=O)N1C2CCCCC2C[C@H]1C(=O)N[C@H](Cc1ccc(-c2ccccc2)cc1)C(=O)N1CCCC[C@H]1C(=O)N[C@@H](Cc1c[nH]c2ccccc12)C(N)=O. The van der Waals surface area contributed by atoms with E-state index in [4.69, 9.17) is 5.73 Å². The van der Waals surface area contributed by atoms with Crippen LogP contribution in [0.3, 0.4) is 0 Å². The molecule has 2 saturated heterocycles. The van der Waals surface area contributed by atoms with Crippen molar-refractivity contribution in [2.45, 2.75) is 101 Å². The van der Waals surface area contributed by atoms with Gasteiger partial charge in [-0.3, -0.25) is 24.0 Å². The minimum Gasteiger partial charge on any atom is -0.368 e. The average Bonchev–Trinajstić information content (AvgIpc) is 3.79. The third-order valence-corrected chi connectivity index (χ3v) is 11.7. The van der Waals surface area contributed by atoms with Gasteiger partial charge in [-0.1, -0.05) is 85.6 Å². The van der Waals surface area contributed by atoms with Gasteiger partial charge in [0.2, 0.25) is 29.5 Å². The van der Waals surface area contributed by atoms with E-state index in [-0.39, 0.29) is 42.5 Å². The molecule has 3 fully saturated rings. The monoisotopic (exact) mass is 730 g/mol. The number of para-hydroxylation sites is 1. The number of aromatic nitrogens is 1. The Kier molecular flexibility index (Phi) is 11.1. The third-order valence-electron chi connectivity index (χ3n) is 11.7. The topological polar surface area (TPSA) is 158 Å². The molecule has 5 N–H and O–H groups in total. The molecule has 0 radical (unpaired) electrons. The highest BCUT2D eigenvalue weighted by Crippen LogP contribution is 2.40. The molecule has 1 saturated carbocycles. The lowest BCUT2D eigenvalue weighted by Crippen LogP contribution is -2.61. The Morgan fingerprint density at radius 1 is 0.759 bits per heavy atom. The van der Waals surface area contributed by atoms with Crippen LogP contribution < -0.4 is 16.4 Å². The van der Waals surface area contributed by atoms with Gasteiger partial charge in [0.25, 0.3) is 0 Å². The predicted molar refractivity (Wildman–Crippen MR) is 207 cm³/mol. The maximum absolute atomic E-state index is 14.7. The Morgan fingerprint density at radius 3 is 2.19 bits per heavy atom. The van der Waals surface area contributed by atoms with Gasteiger partial charge in [0.1, 0.15) is 24.2 Å². The summed E-state index contributed by atoms with van der Waals surface area (Å²) < 4.78 is 0. The Morgan fingerprint density at radius 2 is 1.43 bits per heavy atom. The maximum Gasteiger partial charge on any atom is 0.246 e. The number of primary amides is 1. The number of piperidine rings is 1. The van der Waals surface area contributed by atoms with Crippen molar-refractivity contribution >= 4 is 40.4 Å². The van der Waals surface area contributed by atoms with Crippen molar-refractivity contribution < 1.29 is 24.0 Å². The molecule has 4 aromatic rings. The van der Waals surface area contributed by atoms with Crippen molar-refractivity contribution in [1.82, 2.24) is 25.4 Å². The van der Waals surface area contributed by atoms with E-state index in [9.17, 15) is 24.0 Å². The van der Waals surface area contributed by atoms with Crippen molar-refractivity contribution in [3.05, 3.63) is 96.2 Å². The normalized spacial score (nSPS) is 22.2. The van der Waals surface area contributed by atoms with Crippen molar-refractivity contribution in [3.8, 4) is 11.1 Å². The molecule has 6 atom stereocenters. The summed E-state index contributed by atoms with van der Waals surface area (Å²) in [5.74, 6) is -1.70. The van der Waals surface area contributed by atoms with Gasteiger partial charge in [-0.15, -0.1) is 0 Å². The number of fused-ring (bicyclic) bond motifs is 2. The number of H-pyrrole nitrogens is 1. The average molecular weight is 731 g/mol. The zero-order chi connectivity index (χ0) is 37.8. The zero-order valence-electron chi connectivity index (χ0n) is 30.8. The molecule has 7 rings (SSSR count). The number of hydrogen-bond donors (Lipinski definition) is 4. The molecule has 2 unspecified atom stereocenters. The number of carbonyl (C=O) groups is 5. The number of nitrogens with one attached hydrogen (secondary N) is 3. The summed E-state index contributed by atoms with van der Waals surface area (Å²) in [4.78, 5) is 75.0. The first-order valence-corrected chi connectivity index (χ1v) is 19.4. The lowest BCUT2D eigenvalue weighted by Gasteiger charge is -2.38. The summed E-state index contributed by atoms with van der Waals surface area (Å²) in [5.41, 5.74) is 10.5.